The molecule has 0 saturated carbocycles. The van der Waals surface area contributed by atoms with E-state index in [0.29, 0.717) is 17.3 Å². The van der Waals surface area contributed by atoms with Crippen LogP contribution in [0, 0.1) is 17.0 Å². The highest BCUT2D eigenvalue weighted by Gasteiger charge is 2.57. The monoisotopic (exact) mass is 469 g/mol. The van der Waals surface area contributed by atoms with Crippen LogP contribution in [0.5, 0.6) is 0 Å². The minimum Gasteiger partial charge on any atom is -0.394 e. The number of hydrogen-bond donors (Lipinski definition) is 3. The lowest BCUT2D eigenvalue weighted by Gasteiger charge is -2.41. The molecule has 0 aliphatic heterocycles. The number of aromatic nitrogens is 4. The summed E-state index contributed by atoms with van der Waals surface area (Å²) in [6.07, 6.45) is 1.49. The second kappa shape index (κ2) is 8.96. The molecule has 0 unspecified atom stereocenters. The number of rotatable bonds is 7. The van der Waals surface area contributed by atoms with Crippen molar-refractivity contribution < 1.29 is 19.0 Å². The molecule has 180 valence electrons. The molecule has 2 heterocycles. The summed E-state index contributed by atoms with van der Waals surface area (Å²) in [5.74, 6) is -1.00. The third-order valence-corrected chi connectivity index (χ3v) is 7.33. The highest BCUT2D eigenvalue weighted by Crippen LogP contribution is 2.61. The van der Waals surface area contributed by atoms with Gasteiger partial charge in [-0.3, -0.25) is 0 Å². The highest BCUT2D eigenvalue weighted by atomic mass is 19.1. The normalized spacial score (nSPS) is 21.8. The van der Waals surface area contributed by atoms with Crippen LogP contribution in [0.3, 0.4) is 0 Å². The molecule has 0 fully saturated rings. The highest BCUT2D eigenvalue weighted by molar-refractivity contribution is 5.63. The molecule has 3 aromatic rings. The van der Waals surface area contributed by atoms with Crippen molar-refractivity contribution in [2.45, 2.75) is 51.6 Å². The zero-order valence-electron chi connectivity index (χ0n) is 19.7. The Morgan fingerprint density at radius 1 is 1.12 bits per heavy atom. The van der Waals surface area contributed by atoms with Gasteiger partial charge in [0.2, 0.25) is 5.95 Å². The van der Waals surface area contributed by atoms with E-state index in [1.54, 1.807) is 12.3 Å². The molecule has 0 radical (unpaired) electrons. The van der Waals surface area contributed by atoms with Crippen LogP contribution in [-0.2, 0) is 5.41 Å². The second-order valence-electron chi connectivity index (χ2n) is 9.42. The van der Waals surface area contributed by atoms with Crippen molar-refractivity contribution in [1.82, 2.24) is 20.2 Å². The van der Waals surface area contributed by atoms with Gasteiger partial charge in [-0.05, 0) is 54.5 Å². The number of aliphatic hydroxyl groups is 2. The predicted octanol–water partition coefficient (Wildman–Crippen LogP) is 3.82. The first-order chi connectivity index (χ1) is 16.1. The molecule has 1 aliphatic carbocycles. The summed E-state index contributed by atoms with van der Waals surface area (Å²) < 4.78 is 28.9. The van der Waals surface area contributed by atoms with E-state index < -0.39 is 23.2 Å². The smallest absolute Gasteiger partial charge is 0.222 e. The lowest BCUT2D eigenvalue weighted by molar-refractivity contribution is 0.105. The van der Waals surface area contributed by atoms with E-state index in [-0.39, 0.29) is 35.7 Å². The molecular formula is C25H29F2N5O2. The fourth-order valence-electron chi connectivity index (χ4n) is 5.15. The van der Waals surface area contributed by atoms with E-state index in [9.17, 15) is 13.9 Å². The predicted molar refractivity (Wildman–Crippen MR) is 124 cm³/mol. The van der Waals surface area contributed by atoms with Gasteiger partial charge >= 0.3 is 0 Å². The molecular weight excluding hydrogens is 440 g/mol. The first-order valence-electron chi connectivity index (χ1n) is 11.3. The third-order valence-electron chi connectivity index (χ3n) is 7.33. The van der Waals surface area contributed by atoms with Crippen molar-refractivity contribution in [3.63, 3.8) is 0 Å². The average molecular weight is 470 g/mol. The van der Waals surface area contributed by atoms with Gasteiger partial charge in [0.25, 0.3) is 0 Å². The van der Waals surface area contributed by atoms with E-state index in [0.717, 1.165) is 12.0 Å². The van der Waals surface area contributed by atoms with Crippen LogP contribution >= 0.6 is 0 Å². The van der Waals surface area contributed by atoms with E-state index in [4.69, 9.17) is 10.1 Å². The number of nitrogens with one attached hydrogen (secondary N) is 1. The van der Waals surface area contributed by atoms with E-state index in [1.165, 1.54) is 18.2 Å². The summed E-state index contributed by atoms with van der Waals surface area (Å²) >= 11 is 0. The Bertz CT molecular complexity index is 1190. The van der Waals surface area contributed by atoms with Crippen molar-refractivity contribution in [3.8, 4) is 11.3 Å². The fraction of sp³-hybridized carbons (Fsp3) is 0.440. The maximum atomic E-state index is 14.5. The van der Waals surface area contributed by atoms with Gasteiger partial charge in [-0.25, -0.2) is 18.7 Å². The van der Waals surface area contributed by atoms with E-state index in [1.807, 2.05) is 13.0 Å². The molecule has 3 N–H and O–H groups in total. The average Bonchev–Trinajstić information content (AvgIpc) is 2.99. The maximum Gasteiger partial charge on any atom is 0.222 e. The molecule has 4 rings (SSSR count). The minimum absolute atomic E-state index is 0.0409. The van der Waals surface area contributed by atoms with E-state index >= 15 is 0 Å². The molecule has 3 atom stereocenters. The Morgan fingerprint density at radius 3 is 2.47 bits per heavy atom. The van der Waals surface area contributed by atoms with Crippen molar-refractivity contribution in [3.05, 3.63) is 65.1 Å². The zero-order valence-corrected chi connectivity index (χ0v) is 19.7. The summed E-state index contributed by atoms with van der Waals surface area (Å²) in [6, 6.07) is 7.32. The van der Waals surface area contributed by atoms with E-state index in [2.05, 4.69) is 41.3 Å². The van der Waals surface area contributed by atoms with Crippen molar-refractivity contribution >= 4 is 5.95 Å². The Labute approximate surface area is 197 Å². The Hall–Kier alpha value is -3.04. The molecule has 0 spiro atoms. The number of benzene rings is 1. The van der Waals surface area contributed by atoms with Crippen LogP contribution < -0.4 is 5.32 Å². The molecule has 2 aromatic heterocycles. The SMILES string of the molecule is CC[C@H]1c2cc(-c3c(F)cccc3F)nnc2[C@](C)(c2ccnc(NC[C@@H](O)CO)n2)C1(C)C. The van der Waals surface area contributed by atoms with Crippen molar-refractivity contribution in [1.29, 1.82) is 0 Å². The standard InChI is InChI=1S/C25H29F2N5O2/c1-5-16-15-11-19(21-17(26)7-6-8-18(21)27)31-32-22(15)25(4,24(16,2)3)20-9-10-28-23(30-20)29-12-14(34)13-33/h6-11,14,16,33-34H,5,12-13H2,1-4H3,(H,28,29,30)/t14-,16+,25+/m1/s1. The number of aliphatic hydroxyl groups excluding tert-OH is 2. The molecule has 7 nitrogen and oxygen atoms in total. The molecule has 9 heteroatoms. The summed E-state index contributed by atoms with van der Waals surface area (Å²) in [5.41, 5.74) is 1.27. The second-order valence-corrected chi connectivity index (χ2v) is 9.42. The van der Waals surface area contributed by atoms with Crippen LogP contribution in [-0.4, -0.2) is 49.6 Å². The number of nitrogens with zero attached hydrogens (tertiary/aromatic N) is 4. The largest absolute Gasteiger partial charge is 0.394 e. The van der Waals surface area contributed by atoms with Gasteiger partial charge in [0, 0.05) is 12.7 Å². The molecule has 0 saturated heterocycles. The summed E-state index contributed by atoms with van der Waals surface area (Å²) in [5, 5.41) is 30.4. The van der Waals surface area contributed by atoms with Gasteiger partial charge in [-0.15, -0.1) is 5.10 Å². The molecule has 0 bridgehead atoms. The zero-order chi connectivity index (χ0) is 24.7. The van der Waals surface area contributed by atoms with Crippen LogP contribution in [0.15, 0.2) is 36.5 Å². The Kier molecular flexibility index (Phi) is 6.35. The van der Waals surface area contributed by atoms with Crippen molar-refractivity contribution in [2.24, 2.45) is 5.41 Å². The number of anilines is 1. The quantitative estimate of drug-likeness (QED) is 0.483. The van der Waals surface area contributed by atoms with Gasteiger partial charge < -0.3 is 15.5 Å². The van der Waals surface area contributed by atoms with Gasteiger partial charge in [0.05, 0.1) is 40.8 Å². The molecule has 1 aromatic carbocycles. The first kappa shape index (κ1) is 24.1. The Balaban J connectivity index is 1.83. The number of fused-ring (bicyclic) bond motifs is 1. The fourth-order valence-corrected chi connectivity index (χ4v) is 5.15. The van der Waals surface area contributed by atoms with Crippen molar-refractivity contribution in [2.75, 3.05) is 18.5 Å². The summed E-state index contributed by atoms with van der Waals surface area (Å²) in [7, 11) is 0. The topological polar surface area (TPSA) is 104 Å². The van der Waals surface area contributed by atoms with Crippen LogP contribution in [0.2, 0.25) is 0 Å². The lowest BCUT2D eigenvalue weighted by atomic mass is 9.62. The minimum atomic E-state index is -0.931. The maximum absolute atomic E-state index is 14.5. The van der Waals surface area contributed by atoms with Crippen LogP contribution in [0.4, 0.5) is 14.7 Å². The molecule has 34 heavy (non-hydrogen) atoms. The Morgan fingerprint density at radius 2 is 1.82 bits per heavy atom. The number of hydrogen-bond acceptors (Lipinski definition) is 7. The molecule has 0 amide bonds. The lowest BCUT2D eigenvalue weighted by Crippen LogP contribution is -2.40. The van der Waals surface area contributed by atoms with Gasteiger partial charge in [0.1, 0.15) is 11.6 Å². The summed E-state index contributed by atoms with van der Waals surface area (Å²) in [6.45, 7) is 8.13. The van der Waals surface area contributed by atoms with Gasteiger partial charge in [-0.2, -0.15) is 5.10 Å². The van der Waals surface area contributed by atoms with Crippen LogP contribution in [0.25, 0.3) is 11.3 Å². The number of halogens is 2. The summed E-state index contributed by atoms with van der Waals surface area (Å²) in [4.78, 5) is 8.93. The van der Waals surface area contributed by atoms with Crippen LogP contribution in [0.1, 0.15) is 57.0 Å². The van der Waals surface area contributed by atoms with Gasteiger partial charge in [0.15, 0.2) is 0 Å². The first-order valence-corrected chi connectivity index (χ1v) is 11.3. The molecule has 1 aliphatic rings. The third kappa shape index (κ3) is 3.73. The van der Waals surface area contributed by atoms with Gasteiger partial charge in [-0.1, -0.05) is 26.8 Å².